The average molecular weight is 273 g/mol. The van der Waals surface area contributed by atoms with Gasteiger partial charge in [-0.2, -0.15) is 0 Å². The van der Waals surface area contributed by atoms with E-state index in [2.05, 4.69) is 40.8 Å². The first kappa shape index (κ1) is 17.8. The molecule has 0 saturated carbocycles. The Labute approximate surface area is 115 Å². The fourth-order valence-electron chi connectivity index (χ4n) is 1.74. The fraction of sp³-hybridized carbons (Fsp3) is 0.933. The number of carbonyl (C=O) groups is 1. The molecule has 3 heteroatoms. The van der Waals surface area contributed by atoms with E-state index in [0.717, 1.165) is 6.42 Å². The highest BCUT2D eigenvalue weighted by molar-refractivity contribution is 6.74. The molecule has 0 aliphatic heterocycles. The third-order valence-electron chi connectivity index (χ3n) is 3.91. The summed E-state index contributed by atoms with van der Waals surface area (Å²) in [6.07, 6.45) is 5.36. The highest BCUT2D eigenvalue weighted by atomic mass is 28.4. The van der Waals surface area contributed by atoms with Crippen molar-refractivity contribution >= 4 is 14.1 Å². The van der Waals surface area contributed by atoms with Crippen molar-refractivity contribution in [3.63, 3.8) is 0 Å². The van der Waals surface area contributed by atoms with E-state index in [1.807, 2.05) is 0 Å². The molecule has 0 aliphatic carbocycles. The van der Waals surface area contributed by atoms with Crippen molar-refractivity contribution in [2.75, 3.05) is 0 Å². The van der Waals surface area contributed by atoms with Crippen LogP contribution < -0.4 is 0 Å². The maximum Gasteiger partial charge on any atom is 0.192 e. The van der Waals surface area contributed by atoms with Crippen LogP contribution in [0.15, 0.2) is 0 Å². The third kappa shape index (κ3) is 6.69. The zero-order valence-corrected chi connectivity index (χ0v) is 14.4. The topological polar surface area (TPSA) is 26.3 Å². The molecule has 2 nitrogen and oxygen atoms in total. The second-order valence-electron chi connectivity index (χ2n) is 6.90. The zero-order valence-electron chi connectivity index (χ0n) is 13.4. The molecule has 0 aromatic carbocycles. The van der Waals surface area contributed by atoms with Crippen LogP contribution in [0.4, 0.5) is 0 Å². The van der Waals surface area contributed by atoms with E-state index < -0.39 is 8.32 Å². The lowest BCUT2D eigenvalue weighted by Crippen LogP contribution is -2.44. The van der Waals surface area contributed by atoms with E-state index in [0.29, 0.717) is 6.42 Å². The fourth-order valence-corrected chi connectivity index (χ4v) is 3.13. The number of hydrogen-bond donors (Lipinski definition) is 0. The van der Waals surface area contributed by atoms with Gasteiger partial charge in [-0.25, -0.2) is 0 Å². The van der Waals surface area contributed by atoms with Gasteiger partial charge in [-0.1, -0.05) is 47.0 Å². The zero-order chi connectivity index (χ0) is 14.4. The molecule has 0 radical (unpaired) electrons. The Morgan fingerprint density at radius 1 is 1.22 bits per heavy atom. The summed E-state index contributed by atoms with van der Waals surface area (Å²) in [4.78, 5) is 11.4. The van der Waals surface area contributed by atoms with E-state index in [1.165, 1.54) is 19.3 Å². The van der Waals surface area contributed by atoms with Crippen LogP contribution in [-0.2, 0) is 9.22 Å². The molecule has 0 N–H and O–H groups in total. The van der Waals surface area contributed by atoms with Crippen molar-refractivity contribution in [1.29, 1.82) is 0 Å². The smallest absolute Gasteiger partial charge is 0.192 e. The first-order valence-corrected chi connectivity index (χ1v) is 10.2. The van der Waals surface area contributed by atoms with E-state index in [9.17, 15) is 4.79 Å². The molecule has 0 bridgehead atoms. The van der Waals surface area contributed by atoms with Gasteiger partial charge in [0.05, 0.1) is 6.10 Å². The van der Waals surface area contributed by atoms with Crippen LogP contribution >= 0.6 is 0 Å². The average Bonchev–Trinajstić information content (AvgIpc) is 2.14. The second-order valence-corrected chi connectivity index (χ2v) is 11.7. The Morgan fingerprint density at radius 2 is 1.78 bits per heavy atom. The van der Waals surface area contributed by atoms with Crippen molar-refractivity contribution in [3.8, 4) is 0 Å². The maximum atomic E-state index is 11.4. The van der Waals surface area contributed by atoms with Crippen molar-refractivity contribution in [1.82, 2.24) is 0 Å². The summed E-state index contributed by atoms with van der Waals surface area (Å²) in [6.45, 7) is 15.1. The number of unbranched alkanes of at least 4 members (excludes halogenated alkanes) is 2. The molecule has 0 rings (SSSR count). The molecule has 18 heavy (non-hydrogen) atoms. The van der Waals surface area contributed by atoms with Crippen LogP contribution in [0.2, 0.25) is 18.1 Å². The van der Waals surface area contributed by atoms with Crippen LogP contribution in [0, 0.1) is 0 Å². The lowest BCUT2D eigenvalue weighted by Gasteiger charge is -2.39. The van der Waals surface area contributed by atoms with Crippen molar-refractivity contribution in [3.05, 3.63) is 0 Å². The highest BCUT2D eigenvalue weighted by Gasteiger charge is 2.39. The van der Waals surface area contributed by atoms with Crippen LogP contribution in [-0.4, -0.2) is 20.2 Å². The summed E-state index contributed by atoms with van der Waals surface area (Å²) in [5.41, 5.74) is 0. The molecule has 0 spiro atoms. The van der Waals surface area contributed by atoms with E-state index >= 15 is 0 Å². The van der Waals surface area contributed by atoms with Gasteiger partial charge in [-0.05, 0) is 31.5 Å². The van der Waals surface area contributed by atoms with Crippen molar-refractivity contribution < 1.29 is 9.22 Å². The van der Waals surface area contributed by atoms with Gasteiger partial charge in [0.2, 0.25) is 0 Å². The minimum atomic E-state index is -1.75. The molecule has 0 aliphatic rings. The normalized spacial score (nSPS) is 14.6. The predicted molar refractivity (Wildman–Crippen MR) is 81.5 cm³/mol. The Morgan fingerprint density at radius 3 is 2.17 bits per heavy atom. The second kappa shape index (κ2) is 7.44. The molecule has 0 fully saturated rings. The molecular weight excluding hydrogens is 240 g/mol. The summed E-state index contributed by atoms with van der Waals surface area (Å²) < 4.78 is 6.38. The van der Waals surface area contributed by atoms with Crippen LogP contribution in [0.25, 0.3) is 0 Å². The number of rotatable bonds is 8. The number of hydrogen-bond acceptors (Lipinski definition) is 2. The summed E-state index contributed by atoms with van der Waals surface area (Å²) in [6, 6.07) is 0. The van der Waals surface area contributed by atoms with E-state index in [1.54, 1.807) is 6.92 Å². The molecule has 0 saturated heterocycles. The summed E-state index contributed by atoms with van der Waals surface area (Å²) in [5, 5.41) is 0.215. The highest BCUT2D eigenvalue weighted by Crippen LogP contribution is 2.38. The van der Waals surface area contributed by atoms with Gasteiger partial charge in [0.15, 0.2) is 8.32 Å². The monoisotopic (exact) mass is 272 g/mol. The Hall–Kier alpha value is -0.153. The van der Waals surface area contributed by atoms with Gasteiger partial charge in [0.1, 0.15) is 5.78 Å². The van der Waals surface area contributed by atoms with Gasteiger partial charge >= 0.3 is 0 Å². The lowest BCUT2D eigenvalue weighted by molar-refractivity contribution is -0.118. The SMILES string of the molecule is CCCCC[C@@H](CC(C)=O)O[Si](C)(C)C(C)(C)C. The predicted octanol–water partition coefficient (Wildman–Crippen LogP) is 4.94. The molecule has 0 aromatic heterocycles. The van der Waals surface area contributed by atoms with Gasteiger partial charge in [-0.15, -0.1) is 0 Å². The van der Waals surface area contributed by atoms with Crippen LogP contribution in [0.3, 0.4) is 0 Å². The number of Topliss-reactive ketones (excluding diaryl/α,β-unsaturated/α-hetero) is 1. The largest absolute Gasteiger partial charge is 0.413 e. The van der Waals surface area contributed by atoms with E-state index in [-0.39, 0.29) is 16.9 Å². The van der Waals surface area contributed by atoms with E-state index in [4.69, 9.17) is 4.43 Å². The van der Waals surface area contributed by atoms with Gasteiger partial charge in [-0.3, -0.25) is 4.79 Å². The molecule has 0 aromatic rings. The molecule has 0 heterocycles. The summed E-state index contributed by atoms with van der Waals surface area (Å²) in [5.74, 6) is 0.246. The van der Waals surface area contributed by atoms with Gasteiger partial charge in [0.25, 0.3) is 0 Å². The summed E-state index contributed by atoms with van der Waals surface area (Å²) in [7, 11) is -1.75. The Balaban J connectivity index is 4.52. The van der Waals surface area contributed by atoms with Crippen molar-refractivity contribution in [2.24, 2.45) is 0 Å². The molecule has 1 atom stereocenters. The Bertz CT molecular complexity index is 254. The van der Waals surface area contributed by atoms with Crippen molar-refractivity contribution in [2.45, 2.75) is 91.0 Å². The first-order chi connectivity index (χ1) is 8.10. The maximum absolute atomic E-state index is 11.4. The first-order valence-electron chi connectivity index (χ1n) is 7.27. The van der Waals surface area contributed by atoms with Crippen LogP contribution in [0.1, 0.15) is 66.7 Å². The quantitative estimate of drug-likeness (QED) is 0.462. The minimum absolute atomic E-state index is 0.134. The standard InChI is InChI=1S/C15H32O2Si/c1-8-9-10-11-14(12-13(2)16)17-18(6,7)15(3,4)5/h14H,8-12H2,1-7H3/t14-/m0/s1. The minimum Gasteiger partial charge on any atom is -0.413 e. The lowest BCUT2D eigenvalue weighted by atomic mass is 10.1. The number of carbonyl (C=O) groups excluding carboxylic acids is 1. The van der Waals surface area contributed by atoms with Gasteiger partial charge < -0.3 is 4.43 Å². The number of ketones is 1. The van der Waals surface area contributed by atoms with Gasteiger partial charge in [0, 0.05) is 6.42 Å². The van der Waals surface area contributed by atoms with Crippen LogP contribution in [0.5, 0.6) is 0 Å². The summed E-state index contributed by atoms with van der Waals surface area (Å²) >= 11 is 0. The third-order valence-corrected chi connectivity index (χ3v) is 8.45. The molecule has 0 amide bonds. The Kier molecular flexibility index (Phi) is 7.38. The molecular formula is C15H32O2Si. The molecule has 0 unspecified atom stereocenters. The molecule has 108 valence electrons.